The molecule has 2 heterocycles. The Morgan fingerprint density at radius 1 is 1.03 bits per heavy atom. The normalized spacial score (nSPS) is 17.9. The Morgan fingerprint density at radius 2 is 1.83 bits per heavy atom. The van der Waals surface area contributed by atoms with E-state index in [1.807, 2.05) is 32.2 Å². The topological polar surface area (TPSA) is 108 Å². The van der Waals surface area contributed by atoms with Crippen LogP contribution in [0.4, 0.5) is 17.7 Å². The minimum Gasteiger partial charge on any atom is -0.390 e. The van der Waals surface area contributed by atoms with Crippen molar-refractivity contribution in [1.29, 1.82) is 0 Å². The standard InChI is InChI=1S/C21H27N7O/c1-4-10-23-20-26-17-14(5-2)24-21(27-18(17)19(22-3)28-20)25-16-13-9-7-6-8-12(13)11-15(16)29/h6-9,15-16,29H,4-5,10-11H2,1-3H3,(H,24,25,27)(H2,22,23,26,28)/t15-,16+/m0/s1. The first-order valence-corrected chi connectivity index (χ1v) is 10.2. The van der Waals surface area contributed by atoms with Gasteiger partial charge in [-0.2, -0.15) is 4.98 Å². The fraction of sp³-hybridized carbons (Fsp3) is 0.429. The summed E-state index contributed by atoms with van der Waals surface area (Å²) >= 11 is 0. The number of anilines is 3. The number of aliphatic hydroxyl groups is 1. The van der Waals surface area contributed by atoms with Crippen LogP contribution in [0.25, 0.3) is 11.0 Å². The van der Waals surface area contributed by atoms with Crippen LogP contribution < -0.4 is 16.0 Å². The van der Waals surface area contributed by atoms with E-state index in [1.54, 1.807) is 0 Å². The van der Waals surface area contributed by atoms with E-state index in [1.165, 1.54) is 0 Å². The summed E-state index contributed by atoms with van der Waals surface area (Å²) < 4.78 is 0. The molecule has 1 aromatic carbocycles. The van der Waals surface area contributed by atoms with Crippen LogP contribution in [-0.2, 0) is 12.8 Å². The zero-order chi connectivity index (χ0) is 20.4. The van der Waals surface area contributed by atoms with Crippen LogP contribution in [0.2, 0.25) is 0 Å². The van der Waals surface area contributed by atoms with Crippen LogP contribution >= 0.6 is 0 Å². The summed E-state index contributed by atoms with van der Waals surface area (Å²) in [7, 11) is 1.82. The zero-order valence-corrected chi connectivity index (χ0v) is 17.0. The van der Waals surface area contributed by atoms with Gasteiger partial charge < -0.3 is 21.1 Å². The molecule has 0 unspecified atom stereocenters. The number of aromatic nitrogens is 4. The van der Waals surface area contributed by atoms with Crippen molar-refractivity contribution in [3.05, 3.63) is 41.1 Å². The summed E-state index contributed by atoms with van der Waals surface area (Å²) in [4.78, 5) is 18.6. The number of rotatable bonds is 7. The second-order valence-electron chi connectivity index (χ2n) is 7.21. The fourth-order valence-corrected chi connectivity index (χ4v) is 3.76. The molecule has 152 valence electrons. The average Bonchev–Trinajstić information content (AvgIpc) is 3.06. The Balaban J connectivity index is 1.74. The van der Waals surface area contributed by atoms with Crippen LogP contribution in [0.15, 0.2) is 24.3 Å². The molecule has 4 N–H and O–H groups in total. The Kier molecular flexibility index (Phi) is 5.44. The van der Waals surface area contributed by atoms with Crippen molar-refractivity contribution in [3.8, 4) is 0 Å². The van der Waals surface area contributed by atoms with Crippen LogP contribution in [0.5, 0.6) is 0 Å². The molecule has 1 aliphatic carbocycles. The summed E-state index contributed by atoms with van der Waals surface area (Å²) in [6.07, 6.45) is 1.81. The van der Waals surface area contributed by atoms with Gasteiger partial charge in [0.1, 0.15) is 11.0 Å². The van der Waals surface area contributed by atoms with E-state index in [2.05, 4.69) is 38.9 Å². The number of fused-ring (bicyclic) bond motifs is 2. The van der Waals surface area contributed by atoms with Gasteiger partial charge in [-0.25, -0.2) is 15.0 Å². The van der Waals surface area contributed by atoms with Gasteiger partial charge in [0.2, 0.25) is 11.9 Å². The first-order chi connectivity index (χ1) is 14.1. The maximum atomic E-state index is 10.6. The van der Waals surface area contributed by atoms with Crippen LogP contribution in [-0.4, -0.2) is 44.7 Å². The van der Waals surface area contributed by atoms with E-state index in [9.17, 15) is 5.11 Å². The van der Waals surface area contributed by atoms with Crippen molar-refractivity contribution in [2.45, 2.75) is 45.3 Å². The lowest BCUT2D eigenvalue weighted by Crippen LogP contribution is -2.22. The highest BCUT2D eigenvalue weighted by molar-refractivity contribution is 5.88. The van der Waals surface area contributed by atoms with Crippen LogP contribution in [0.3, 0.4) is 0 Å². The van der Waals surface area contributed by atoms with Crippen LogP contribution in [0, 0.1) is 0 Å². The first kappa shape index (κ1) is 19.3. The smallest absolute Gasteiger partial charge is 0.225 e. The Bertz CT molecular complexity index is 1020. The lowest BCUT2D eigenvalue weighted by atomic mass is 10.1. The highest BCUT2D eigenvalue weighted by Crippen LogP contribution is 2.34. The van der Waals surface area contributed by atoms with Crippen LogP contribution in [0.1, 0.15) is 43.1 Å². The molecule has 3 aromatic rings. The quantitative estimate of drug-likeness (QED) is 0.485. The van der Waals surface area contributed by atoms with Gasteiger partial charge in [-0.15, -0.1) is 0 Å². The second kappa shape index (κ2) is 8.16. The molecule has 0 saturated heterocycles. The van der Waals surface area contributed by atoms with Gasteiger partial charge in [0.15, 0.2) is 5.82 Å². The number of aryl methyl sites for hydroxylation is 1. The van der Waals surface area contributed by atoms with E-state index in [0.717, 1.165) is 35.3 Å². The first-order valence-electron chi connectivity index (χ1n) is 10.2. The maximum Gasteiger partial charge on any atom is 0.225 e. The molecule has 0 radical (unpaired) electrons. The van der Waals surface area contributed by atoms with Gasteiger partial charge in [0.25, 0.3) is 0 Å². The van der Waals surface area contributed by atoms with Gasteiger partial charge in [0, 0.05) is 20.0 Å². The number of hydrogen-bond acceptors (Lipinski definition) is 8. The minimum atomic E-state index is -0.516. The molecule has 0 bridgehead atoms. The molecule has 2 atom stereocenters. The Morgan fingerprint density at radius 3 is 2.59 bits per heavy atom. The summed E-state index contributed by atoms with van der Waals surface area (Å²) in [5, 5.41) is 20.3. The van der Waals surface area contributed by atoms with Crippen molar-refractivity contribution in [3.63, 3.8) is 0 Å². The zero-order valence-electron chi connectivity index (χ0n) is 17.0. The molecule has 0 spiro atoms. The monoisotopic (exact) mass is 393 g/mol. The minimum absolute atomic E-state index is 0.238. The van der Waals surface area contributed by atoms with Gasteiger partial charge in [-0.1, -0.05) is 38.1 Å². The number of nitrogens with zero attached hydrogens (tertiary/aromatic N) is 4. The molecule has 0 saturated carbocycles. The lowest BCUT2D eigenvalue weighted by molar-refractivity contribution is 0.165. The highest BCUT2D eigenvalue weighted by atomic mass is 16.3. The second-order valence-corrected chi connectivity index (χ2v) is 7.21. The van der Waals surface area contributed by atoms with E-state index in [-0.39, 0.29) is 6.04 Å². The largest absolute Gasteiger partial charge is 0.390 e. The summed E-state index contributed by atoms with van der Waals surface area (Å²) in [5.74, 6) is 1.70. The number of nitrogens with one attached hydrogen (secondary N) is 3. The Hall–Kier alpha value is -3.00. The molecule has 2 aromatic heterocycles. The maximum absolute atomic E-state index is 10.6. The number of hydrogen-bond donors (Lipinski definition) is 4. The molecule has 0 aliphatic heterocycles. The van der Waals surface area contributed by atoms with E-state index in [0.29, 0.717) is 36.1 Å². The molecule has 8 nitrogen and oxygen atoms in total. The third-order valence-corrected chi connectivity index (χ3v) is 5.21. The van der Waals surface area contributed by atoms with Crippen molar-refractivity contribution in [2.75, 3.05) is 29.5 Å². The predicted octanol–water partition coefficient (Wildman–Crippen LogP) is 2.92. The molecule has 0 fully saturated rings. The van der Waals surface area contributed by atoms with E-state index in [4.69, 9.17) is 9.97 Å². The van der Waals surface area contributed by atoms with Crippen molar-refractivity contribution in [1.82, 2.24) is 19.9 Å². The van der Waals surface area contributed by atoms with Crippen molar-refractivity contribution < 1.29 is 5.11 Å². The third kappa shape index (κ3) is 3.67. The van der Waals surface area contributed by atoms with Gasteiger partial charge >= 0.3 is 0 Å². The molecule has 8 heteroatoms. The molecule has 1 aliphatic rings. The van der Waals surface area contributed by atoms with E-state index < -0.39 is 6.10 Å². The predicted molar refractivity (Wildman–Crippen MR) is 115 cm³/mol. The third-order valence-electron chi connectivity index (χ3n) is 5.21. The van der Waals surface area contributed by atoms with Crippen molar-refractivity contribution in [2.24, 2.45) is 0 Å². The molecule has 29 heavy (non-hydrogen) atoms. The Labute approximate surface area is 170 Å². The molecule has 0 amide bonds. The molecule has 4 rings (SSSR count). The lowest BCUT2D eigenvalue weighted by Gasteiger charge is -2.19. The van der Waals surface area contributed by atoms with Gasteiger partial charge in [0.05, 0.1) is 17.8 Å². The van der Waals surface area contributed by atoms with E-state index >= 15 is 0 Å². The number of aliphatic hydroxyl groups excluding tert-OH is 1. The van der Waals surface area contributed by atoms with Gasteiger partial charge in [-0.05, 0) is 24.0 Å². The summed E-state index contributed by atoms with van der Waals surface area (Å²) in [6.45, 7) is 4.95. The summed E-state index contributed by atoms with van der Waals surface area (Å²) in [5.41, 5.74) is 4.50. The fourth-order valence-electron chi connectivity index (χ4n) is 3.76. The SMILES string of the molecule is CCCNc1nc(NC)c2nc(N[C@@H]3c4ccccc4C[C@@H]3O)nc(CC)c2n1. The highest BCUT2D eigenvalue weighted by Gasteiger charge is 2.31. The average molecular weight is 393 g/mol. The molecular formula is C21H27N7O. The van der Waals surface area contributed by atoms with Crippen molar-refractivity contribution >= 4 is 28.7 Å². The van der Waals surface area contributed by atoms with Gasteiger partial charge in [-0.3, -0.25) is 0 Å². The molecular weight excluding hydrogens is 366 g/mol. The summed E-state index contributed by atoms with van der Waals surface area (Å²) in [6, 6.07) is 7.84. The number of benzene rings is 1.